The van der Waals surface area contributed by atoms with Gasteiger partial charge in [0.15, 0.2) is 5.78 Å². The van der Waals surface area contributed by atoms with Gasteiger partial charge in [0.05, 0.1) is 17.6 Å². The summed E-state index contributed by atoms with van der Waals surface area (Å²) in [5, 5.41) is 0. The van der Waals surface area contributed by atoms with Crippen molar-refractivity contribution in [2.24, 2.45) is 0 Å². The molecule has 0 spiro atoms. The number of hydrogen-bond acceptors (Lipinski definition) is 2. The van der Waals surface area contributed by atoms with Gasteiger partial charge in [-0.1, -0.05) is 42.5 Å². The molecular weight excluding hydrogens is 236 g/mol. The Morgan fingerprint density at radius 3 is 2.47 bits per heavy atom. The second kappa shape index (κ2) is 4.88. The molecule has 96 valence electrons. The zero-order valence-electron chi connectivity index (χ0n) is 10.9. The first-order valence-corrected chi connectivity index (χ1v) is 6.60. The largest absolute Gasteiger partial charge is 0.490 e. The molecule has 3 rings (SSSR count). The molecule has 2 nitrogen and oxygen atoms in total. The molecule has 0 N–H and O–H groups in total. The van der Waals surface area contributed by atoms with E-state index in [2.05, 4.69) is 0 Å². The number of fused-ring (bicyclic) bond motifs is 1. The first-order valence-electron chi connectivity index (χ1n) is 6.60. The predicted molar refractivity (Wildman–Crippen MR) is 74.7 cm³/mol. The van der Waals surface area contributed by atoms with E-state index in [0.29, 0.717) is 11.3 Å². The van der Waals surface area contributed by atoms with Gasteiger partial charge in [-0.25, -0.2) is 0 Å². The highest BCUT2D eigenvalue weighted by molar-refractivity contribution is 6.03. The molecule has 1 heterocycles. The molecule has 1 unspecified atom stereocenters. The van der Waals surface area contributed by atoms with Gasteiger partial charge in [-0.15, -0.1) is 0 Å². The first kappa shape index (κ1) is 12.0. The number of carbonyl (C=O) groups excluding carboxylic acids is 1. The van der Waals surface area contributed by atoms with Crippen LogP contribution in [0.4, 0.5) is 0 Å². The van der Waals surface area contributed by atoms with Crippen LogP contribution in [0.15, 0.2) is 54.6 Å². The fourth-order valence-electron chi connectivity index (χ4n) is 2.64. The molecule has 0 saturated carbocycles. The van der Waals surface area contributed by atoms with Gasteiger partial charge >= 0.3 is 0 Å². The molecule has 0 amide bonds. The van der Waals surface area contributed by atoms with Gasteiger partial charge in [-0.05, 0) is 31.0 Å². The highest BCUT2D eigenvalue weighted by Crippen LogP contribution is 2.34. The zero-order chi connectivity index (χ0) is 13.2. The lowest BCUT2D eigenvalue weighted by atomic mass is 9.87. The molecule has 1 aliphatic heterocycles. The average Bonchev–Trinajstić information content (AvgIpc) is 2.57. The van der Waals surface area contributed by atoms with E-state index < -0.39 is 0 Å². The number of ether oxygens (including phenoxy) is 1. The summed E-state index contributed by atoms with van der Waals surface area (Å²) in [5.41, 5.74) is 1.76. The average molecular weight is 252 g/mol. The normalized spacial score (nSPS) is 22.3. The van der Waals surface area contributed by atoms with E-state index >= 15 is 0 Å². The minimum atomic E-state index is -0.111. The minimum Gasteiger partial charge on any atom is -0.490 e. The van der Waals surface area contributed by atoms with Gasteiger partial charge in [-0.2, -0.15) is 0 Å². The summed E-state index contributed by atoms with van der Waals surface area (Å²) in [4.78, 5) is 12.7. The van der Waals surface area contributed by atoms with Crippen molar-refractivity contribution in [1.82, 2.24) is 0 Å². The number of para-hydroxylation sites is 1. The molecular formula is C17H16O2. The standard InChI is InChI=1S/C17H16O2/c1-12-11-15(13-7-3-2-4-8-13)17(18)14-9-5-6-10-16(14)19-12/h2-10,12,15H,11H2,1H3/t12-,15?/m1/s1. The van der Waals surface area contributed by atoms with Crippen molar-refractivity contribution >= 4 is 5.78 Å². The molecule has 0 saturated heterocycles. The van der Waals surface area contributed by atoms with Crippen molar-refractivity contribution in [3.8, 4) is 5.75 Å². The lowest BCUT2D eigenvalue weighted by molar-refractivity contribution is 0.0950. The summed E-state index contributed by atoms with van der Waals surface area (Å²) in [6, 6.07) is 17.5. The Kier molecular flexibility index (Phi) is 3.08. The smallest absolute Gasteiger partial charge is 0.174 e. The summed E-state index contributed by atoms with van der Waals surface area (Å²) in [5.74, 6) is 0.754. The SMILES string of the molecule is C[C@@H]1CC(c2ccccc2)C(=O)c2ccccc2O1. The molecule has 2 aromatic carbocycles. The minimum absolute atomic E-state index is 0.0396. The van der Waals surface area contributed by atoms with Crippen LogP contribution in [0.5, 0.6) is 5.75 Å². The lowest BCUT2D eigenvalue weighted by Gasteiger charge is -2.16. The van der Waals surface area contributed by atoms with Gasteiger partial charge in [0, 0.05) is 0 Å². The number of benzene rings is 2. The quantitative estimate of drug-likeness (QED) is 0.771. The van der Waals surface area contributed by atoms with E-state index in [1.54, 1.807) is 0 Å². The van der Waals surface area contributed by atoms with Crippen LogP contribution in [0, 0.1) is 0 Å². The third-order valence-corrected chi connectivity index (χ3v) is 3.57. The van der Waals surface area contributed by atoms with Gasteiger partial charge in [0.25, 0.3) is 0 Å². The molecule has 2 atom stereocenters. The van der Waals surface area contributed by atoms with Crippen molar-refractivity contribution in [2.45, 2.75) is 25.4 Å². The van der Waals surface area contributed by atoms with Crippen molar-refractivity contribution in [1.29, 1.82) is 0 Å². The predicted octanol–water partition coefficient (Wildman–Crippen LogP) is 3.82. The third kappa shape index (κ3) is 2.26. The fraction of sp³-hybridized carbons (Fsp3) is 0.235. The third-order valence-electron chi connectivity index (χ3n) is 3.57. The Hall–Kier alpha value is -2.09. The molecule has 2 aromatic rings. The topological polar surface area (TPSA) is 26.3 Å². The fourth-order valence-corrected chi connectivity index (χ4v) is 2.64. The Balaban J connectivity index is 2.06. The van der Waals surface area contributed by atoms with Crippen LogP contribution in [-0.2, 0) is 0 Å². The van der Waals surface area contributed by atoms with Gasteiger partial charge < -0.3 is 4.74 Å². The number of carbonyl (C=O) groups is 1. The molecule has 0 aliphatic carbocycles. The summed E-state index contributed by atoms with van der Waals surface area (Å²) in [6.07, 6.45) is 0.759. The van der Waals surface area contributed by atoms with Gasteiger partial charge in [0.1, 0.15) is 5.75 Å². The monoisotopic (exact) mass is 252 g/mol. The van der Waals surface area contributed by atoms with Crippen molar-refractivity contribution < 1.29 is 9.53 Å². The highest BCUT2D eigenvalue weighted by Gasteiger charge is 2.30. The highest BCUT2D eigenvalue weighted by atomic mass is 16.5. The Labute approximate surface area is 113 Å². The van der Waals surface area contributed by atoms with E-state index in [1.807, 2.05) is 61.5 Å². The molecule has 0 bridgehead atoms. The molecule has 19 heavy (non-hydrogen) atoms. The summed E-state index contributed by atoms with van der Waals surface area (Å²) < 4.78 is 5.86. The number of Topliss-reactive ketones (excluding diaryl/α,β-unsaturated/α-hetero) is 1. The van der Waals surface area contributed by atoms with Crippen LogP contribution in [0.25, 0.3) is 0 Å². The van der Waals surface area contributed by atoms with E-state index in [4.69, 9.17) is 4.74 Å². The van der Waals surface area contributed by atoms with E-state index in [1.165, 1.54) is 0 Å². The van der Waals surface area contributed by atoms with Crippen LogP contribution < -0.4 is 4.74 Å². The molecule has 0 aromatic heterocycles. The summed E-state index contributed by atoms with van der Waals surface area (Å²) >= 11 is 0. The van der Waals surface area contributed by atoms with Crippen LogP contribution in [0.2, 0.25) is 0 Å². The van der Waals surface area contributed by atoms with Crippen molar-refractivity contribution in [3.05, 3.63) is 65.7 Å². The Bertz CT molecular complexity index is 589. The zero-order valence-corrected chi connectivity index (χ0v) is 10.9. The first-order chi connectivity index (χ1) is 9.25. The maximum atomic E-state index is 12.7. The lowest BCUT2D eigenvalue weighted by Crippen LogP contribution is -2.17. The second-order valence-electron chi connectivity index (χ2n) is 4.99. The van der Waals surface area contributed by atoms with Crippen LogP contribution in [-0.4, -0.2) is 11.9 Å². The molecule has 0 fully saturated rings. The Morgan fingerprint density at radius 1 is 1.00 bits per heavy atom. The van der Waals surface area contributed by atoms with Gasteiger partial charge in [-0.3, -0.25) is 4.79 Å². The van der Waals surface area contributed by atoms with Crippen LogP contribution in [0.3, 0.4) is 0 Å². The van der Waals surface area contributed by atoms with E-state index in [-0.39, 0.29) is 17.8 Å². The maximum absolute atomic E-state index is 12.7. The second-order valence-corrected chi connectivity index (χ2v) is 4.99. The van der Waals surface area contributed by atoms with E-state index in [0.717, 1.165) is 12.0 Å². The van der Waals surface area contributed by atoms with Crippen LogP contribution >= 0.6 is 0 Å². The molecule has 1 aliphatic rings. The van der Waals surface area contributed by atoms with Crippen molar-refractivity contribution in [3.63, 3.8) is 0 Å². The van der Waals surface area contributed by atoms with Gasteiger partial charge in [0.2, 0.25) is 0 Å². The Morgan fingerprint density at radius 2 is 1.68 bits per heavy atom. The molecule has 2 heteroatoms. The summed E-state index contributed by atoms with van der Waals surface area (Å²) in [7, 11) is 0. The maximum Gasteiger partial charge on any atom is 0.174 e. The number of rotatable bonds is 1. The van der Waals surface area contributed by atoms with E-state index in [9.17, 15) is 4.79 Å². The number of hydrogen-bond donors (Lipinski definition) is 0. The molecule has 0 radical (unpaired) electrons. The van der Waals surface area contributed by atoms with Crippen molar-refractivity contribution in [2.75, 3.05) is 0 Å². The summed E-state index contributed by atoms with van der Waals surface area (Å²) in [6.45, 7) is 2.02. The van der Waals surface area contributed by atoms with Crippen LogP contribution in [0.1, 0.15) is 35.2 Å². The number of ketones is 1.